The van der Waals surface area contributed by atoms with Crippen LogP contribution in [-0.2, 0) is 4.79 Å². The zero-order chi connectivity index (χ0) is 16.6. The van der Waals surface area contributed by atoms with Crippen LogP contribution >= 0.6 is 0 Å². The van der Waals surface area contributed by atoms with Gasteiger partial charge in [-0.05, 0) is 55.8 Å². The van der Waals surface area contributed by atoms with Gasteiger partial charge in [0.25, 0.3) is 5.91 Å². The molecule has 1 atom stereocenters. The standard InChI is InChI=1S/C18H16FNO3/c1-11-3-8-17-15(9-11)20(18(22)12(2)23-17)10-16(21)13-4-6-14(19)7-5-13/h3-9,12H,10H2,1-2H3/t12-/m1/s1. The Morgan fingerprint density at radius 2 is 1.91 bits per heavy atom. The minimum atomic E-state index is -0.647. The number of nitrogens with zero attached hydrogens (tertiary/aromatic N) is 1. The second-order valence-electron chi connectivity index (χ2n) is 5.59. The second kappa shape index (κ2) is 5.83. The number of fused-ring (bicyclic) bond motifs is 1. The maximum absolute atomic E-state index is 13.0. The third-order valence-electron chi connectivity index (χ3n) is 3.79. The number of hydrogen-bond acceptors (Lipinski definition) is 3. The first-order valence-electron chi connectivity index (χ1n) is 7.33. The SMILES string of the molecule is Cc1ccc2c(c1)N(CC(=O)c1ccc(F)cc1)C(=O)[C@@H](C)O2. The third kappa shape index (κ3) is 2.95. The lowest BCUT2D eigenvalue weighted by atomic mass is 10.1. The average molecular weight is 313 g/mol. The van der Waals surface area contributed by atoms with E-state index in [4.69, 9.17) is 4.74 Å². The van der Waals surface area contributed by atoms with Crippen molar-refractivity contribution in [3.8, 4) is 5.75 Å². The molecule has 0 aliphatic carbocycles. The Bertz CT molecular complexity index is 770. The molecule has 2 aromatic rings. The van der Waals surface area contributed by atoms with Crippen molar-refractivity contribution in [1.29, 1.82) is 0 Å². The summed E-state index contributed by atoms with van der Waals surface area (Å²) in [6.07, 6.45) is -0.647. The van der Waals surface area contributed by atoms with E-state index in [0.29, 0.717) is 17.0 Å². The number of hydrogen-bond donors (Lipinski definition) is 0. The van der Waals surface area contributed by atoms with Crippen molar-refractivity contribution in [3.63, 3.8) is 0 Å². The van der Waals surface area contributed by atoms with Crippen molar-refractivity contribution < 1.29 is 18.7 Å². The van der Waals surface area contributed by atoms with Crippen LogP contribution in [0.5, 0.6) is 5.75 Å². The Labute approximate surface area is 133 Å². The molecule has 0 saturated carbocycles. The van der Waals surface area contributed by atoms with Crippen LogP contribution in [0, 0.1) is 12.7 Å². The summed E-state index contributed by atoms with van der Waals surface area (Å²) in [7, 11) is 0. The van der Waals surface area contributed by atoms with E-state index in [1.165, 1.54) is 29.2 Å². The molecule has 1 aliphatic heterocycles. The largest absolute Gasteiger partial charge is 0.479 e. The second-order valence-corrected chi connectivity index (χ2v) is 5.59. The van der Waals surface area contributed by atoms with Crippen LogP contribution in [0.1, 0.15) is 22.8 Å². The maximum atomic E-state index is 13.0. The first-order valence-corrected chi connectivity index (χ1v) is 7.33. The molecule has 0 fully saturated rings. The fraction of sp³-hybridized carbons (Fsp3) is 0.222. The number of aryl methyl sites for hydroxylation is 1. The van der Waals surface area contributed by atoms with E-state index in [9.17, 15) is 14.0 Å². The van der Waals surface area contributed by atoms with E-state index in [2.05, 4.69) is 0 Å². The summed E-state index contributed by atoms with van der Waals surface area (Å²) in [6, 6.07) is 10.8. The Morgan fingerprint density at radius 3 is 2.61 bits per heavy atom. The van der Waals surface area contributed by atoms with Crippen molar-refractivity contribution >= 4 is 17.4 Å². The van der Waals surface area contributed by atoms with E-state index in [1.54, 1.807) is 13.0 Å². The molecule has 5 heteroatoms. The summed E-state index contributed by atoms with van der Waals surface area (Å²) >= 11 is 0. The Morgan fingerprint density at radius 1 is 1.22 bits per heavy atom. The zero-order valence-corrected chi connectivity index (χ0v) is 12.9. The number of anilines is 1. The Kier molecular flexibility index (Phi) is 3.86. The molecule has 1 aliphatic rings. The van der Waals surface area contributed by atoms with Crippen molar-refractivity contribution in [1.82, 2.24) is 0 Å². The van der Waals surface area contributed by atoms with Gasteiger partial charge in [0.15, 0.2) is 11.9 Å². The van der Waals surface area contributed by atoms with Gasteiger partial charge in [-0.25, -0.2) is 4.39 Å². The van der Waals surface area contributed by atoms with E-state index >= 15 is 0 Å². The lowest BCUT2D eigenvalue weighted by Gasteiger charge is -2.32. The maximum Gasteiger partial charge on any atom is 0.268 e. The minimum Gasteiger partial charge on any atom is -0.479 e. The van der Waals surface area contributed by atoms with Crippen molar-refractivity contribution in [2.24, 2.45) is 0 Å². The van der Waals surface area contributed by atoms with Gasteiger partial charge in [-0.15, -0.1) is 0 Å². The Balaban J connectivity index is 1.92. The quantitative estimate of drug-likeness (QED) is 0.818. The highest BCUT2D eigenvalue weighted by Gasteiger charge is 2.32. The number of halogens is 1. The topological polar surface area (TPSA) is 46.6 Å². The molecule has 4 nitrogen and oxygen atoms in total. The molecule has 0 N–H and O–H groups in total. The predicted octanol–water partition coefficient (Wildman–Crippen LogP) is 3.13. The van der Waals surface area contributed by atoms with Crippen LogP contribution in [0.25, 0.3) is 0 Å². The number of carbonyl (C=O) groups is 2. The molecule has 3 rings (SSSR count). The molecular formula is C18H16FNO3. The summed E-state index contributed by atoms with van der Waals surface area (Å²) in [4.78, 5) is 26.3. The van der Waals surface area contributed by atoms with Gasteiger partial charge in [-0.1, -0.05) is 6.07 Å². The van der Waals surface area contributed by atoms with E-state index < -0.39 is 11.9 Å². The number of amides is 1. The third-order valence-corrected chi connectivity index (χ3v) is 3.79. The number of rotatable bonds is 3. The molecule has 1 amide bonds. The van der Waals surface area contributed by atoms with E-state index in [0.717, 1.165) is 5.56 Å². The van der Waals surface area contributed by atoms with Crippen LogP contribution in [0.15, 0.2) is 42.5 Å². The van der Waals surface area contributed by atoms with Gasteiger partial charge >= 0.3 is 0 Å². The van der Waals surface area contributed by atoms with Gasteiger partial charge < -0.3 is 4.74 Å². The molecule has 0 radical (unpaired) electrons. The first-order chi connectivity index (χ1) is 11.0. The molecule has 2 aromatic carbocycles. The molecule has 0 bridgehead atoms. The minimum absolute atomic E-state index is 0.103. The molecular weight excluding hydrogens is 297 g/mol. The molecule has 23 heavy (non-hydrogen) atoms. The number of Topliss-reactive ketones (excluding diaryl/α,β-unsaturated/α-hetero) is 1. The highest BCUT2D eigenvalue weighted by Crippen LogP contribution is 2.34. The molecule has 0 aromatic heterocycles. The lowest BCUT2D eigenvalue weighted by molar-refractivity contribution is -0.125. The monoisotopic (exact) mass is 313 g/mol. The fourth-order valence-corrected chi connectivity index (χ4v) is 2.55. The van der Waals surface area contributed by atoms with Crippen LogP contribution < -0.4 is 9.64 Å². The van der Waals surface area contributed by atoms with Gasteiger partial charge in [-0.2, -0.15) is 0 Å². The number of carbonyl (C=O) groups excluding carboxylic acids is 2. The normalized spacial score (nSPS) is 16.7. The van der Waals surface area contributed by atoms with Gasteiger partial charge in [0, 0.05) is 5.56 Å². The number of ether oxygens (including phenoxy) is 1. The van der Waals surface area contributed by atoms with E-state index in [-0.39, 0.29) is 18.2 Å². The molecule has 0 unspecified atom stereocenters. The summed E-state index contributed by atoms with van der Waals surface area (Å²) in [5.74, 6) is -0.341. The average Bonchev–Trinajstić information content (AvgIpc) is 2.53. The predicted molar refractivity (Wildman–Crippen MR) is 84.4 cm³/mol. The van der Waals surface area contributed by atoms with Crippen LogP contribution in [0.3, 0.4) is 0 Å². The Hall–Kier alpha value is -2.69. The molecule has 0 saturated heterocycles. The summed E-state index contributed by atoms with van der Waals surface area (Å²) in [5, 5.41) is 0. The van der Waals surface area contributed by atoms with Crippen molar-refractivity contribution in [3.05, 3.63) is 59.4 Å². The molecule has 118 valence electrons. The molecule has 0 spiro atoms. The molecule has 1 heterocycles. The fourth-order valence-electron chi connectivity index (χ4n) is 2.55. The van der Waals surface area contributed by atoms with Crippen LogP contribution in [0.2, 0.25) is 0 Å². The van der Waals surface area contributed by atoms with Crippen LogP contribution in [-0.4, -0.2) is 24.3 Å². The van der Waals surface area contributed by atoms with Crippen molar-refractivity contribution in [2.45, 2.75) is 20.0 Å². The zero-order valence-electron chi connectivity index (χ0n) is 12.9. The smallest absolute Gasteiger partial charge is 0.268 e. The van der Waals surface area contributed by atoms with E-state index in [1.807, 2.05) is 19.1 Å². The van der Waals surface area contributed by atoms with Gasteiger partial charge in [0.1, 0.15) is 11.6 Å². The van der Waals surface area contributed by atoms with Gasteiger partial charge in [-0.3, -0.25) is 14.5 Å². The van der Waals surface area contributed by atoms with Gasteiger partial charge in [0.2, 0.25) is 0 Å². The highest BCUT2D eigenvalue weighted by atomic mass is 19.1. The van der Waals surface area contributed by atoms with Gasteiger partial charge in [0.05, 0.1) is 12.2 Å². The number of ketones is 1. The first kappa shape index (κ1) is 15.2. The van der Waals surface area contributed by atoms with Crippen LogP contribution in [0.4, 0.5) is 10.1 Å². The highest BCUT2D eigenvalue weighted by molar-refractivity contribution is 6.08. The van der Waals surface area contributed by atoms with Crippen molar-refractivity contribution in [2.75, 3.05) is 11.4 Å². The number of benzene rings is 2. The lowest BCUT2D eigenvalue weighted by Crippen LogP contribution is -2.46. The summed E-state index contributed by atoms with van der Waals surface area (Å²) < 4.78 is 18.6. The summed E-state index contributed by atoms with van der Waals surface area (Å²) in [5.41, 5.74) is 1.92. The summed E-state index contributed by atoms with van der Waals surface area (Å²) in [6.45, 7) is 3.46.